The highest BCUT2D eigenvalue weighted by Crippen LogP contribution is 2.32. The molecular formula is C13H22N2S4. The Morgan fingerprint density at radius 2 is 1.68 bits per heavy atom. The average Bonchev–Trinajstić information content (AvgIpc) is 2.69. The van der Waals surface area contributed by atoms with Crippen LogP contribution in [-0.2, 0) is 0 Å². The molecule has 2 saturated heterocycles. The Balaban J connectivity index is 2.50. The maximum atomic E-state index is 8.45. The Morgan fingerprint density at radius 3 is 2.42 bits per heavy atom. The molecule has 0 radical (unpaired) electrons. The molecule has 2 rings (SSSR count). The van der Waals surface area contributed by atoms with Crippen LogP contribution in [0.25, 0.3) is 0 Å². The predicted octanol–water partition coefficient (Wildman–Crippen LogP) is 4.30. The maximum absolute atomic E-state index is 8.45. The summed E-state index contributed by atoms with van der Waals surface area (Å²) in [6.07, 6.45) is -21.4. The summed E-state index contributed by atoms with van der Waals surface area (Å²) in [6.45, 7) is -9.82. The Hall–Kier alpha value is 0.480. The number of rotatable bonds is 0. The molecule has 0 aromatic carbocycles. The second-order valence-corrected chi connectivity index (χ2v) is 6.44. The van der Waals surface area contributed by atoms with Gasteiger partial charge in [0.2, 0.25) is 0 Å². The first-order chi connectivity index (χ1) is 16.3. The highest BCUT2D eigenvalue weighted by Gasteiger charge is 2.22. The molecule has 0 saturated carbocycles. The third-order valence-electron chi connectivity index (χ3n) is 1.82. The van der Waals surface area contributed by atoms with Crippen LogP contribution in [0, 0.1) is 0 Å². The van der Waals surface area contributed by atoms with Gasteiger partial charge in [0.15, 0.2) is 0 Å². The van der Waals surface area contributed by atoms with Gasteiger partial charge in [0.1, 0.15) is 8.64 Å². The summed E-state index contributed by atoms with van der Waals surface area (Å²) in [7, 11) is 0.355. The predicted molar refractivity (Wildman–Crippen MR) is 95.8 cm³/mol. The molecule has 6 heteroatoms. The number of likely N-dealkylation sites (tertiary alicyclic amines) is 2. The molecule has 2 nitrogen and oxygen atoms in total. The van der Waals surface area contributed by atoms with Crippen LogP contribution >= 0.6 is 46.0 Å². The highest BCUT2D eigenvalue weighted by molar-refractivity contribution is 8.89. The SMILES string of the molecule is [2H]C1([2H])N(C(=S)SSC(=S)N2C([2H])([2H])C([2H])([2H])C([2H])([2H])C([2H])([2H])C2([2H])C)C([2H])([2H])C([2H])([2H])C([2H])([2H])C1([2H])[2H]. The molecule has 0 aromatic rings. The molecule has 0 amide bonds. The third kappa shape index (κ3) is 4.76. The van der Waals surface area contributed by atoms with E-state index in [1.54, 1.807) is 0 Å². The highest BCUT2D eigenvalue weighted by atomic mass is 33.1. The van der Waals surface area contributed by atoms with Gasteiger partial charge in [-0.05, 0) is 66.7 Å². The summed E-state index contributed by atoms with van der Waals surface area (Å²) in [6, 6.07) is -2.86. The maximum Gasteiger partial charge on any atom is 0.147 e. The molecule has 0 N–H and O–H groups in total. The lowest BCUT2D eigenvalue weighted by molar-refractivity contribution is 0.267. The zero-order chi connectivity index (χ0) is 30.7. The van der Waals surface area contributed by atoms with E-state index < -0.39 is 72.4 Å². The van der Waals surface area contributed by atoms with E-state index in [1.807, 2.05) is 0 Å². The zero-order valence-corrected chi connectivity index (χ0v) is 12.8. The van der Waals surface area contributed by atoms with Gasteiger partial charge >= 0.3 is 0 Å². The zero-order valence-electron chi connectivity index (χ0n) is 28.5. The molecule has 2 aliphatic heterocycles. The smallest absolute Gasteiger partial charge is 0.147 e. The summed E-state index contributed by atoms with van der Waals surface area (Å²) in [5, 5.41) is 0. The first-order valence-corrected chi connectivity index (χ1v) is 7.79. The van der Waals surface area contributed by atoms with Crippen molar-refractivity contribution < 1.29 is 26.0 Å². The molecule has 2 aliphatic rings. The van der Waals surface area contributed by atoms with Gasteiger partial charge in [-0.3, -0.25) is 0 Å². The van der Waals surface area contributed by atoms with Crippen LogP contribution in [-0.4, -0.2) is 43.9 Å². The molecule has 1 unspecified atom stereocenters. The van der Waals surface area contributed by atoms with Gasteiger partial charge < -0.3 is 9.80 Å². The van der Waals surface area contributed by atoms with Gasteiger partial charge in [0.25, 0.3) is 0 Å². The van der Waals surface area contributed by atoms with E-state index in [1.165, 1.54) is 0 Å². The van der Waals surface area contributed by atoms with E-state index in [9.17, 15) is 0 Å². The van der Waals surface area contributed by atoms with Gasteiger partial charge in [-0.2, -0.15) is 0 Å². The average molecular weight is 354 g/mol. The van der Waals surface area contributed by atoms with Crippen LogP contribution in [0.15, 0.2) is 0 Å². The fourth-order valence-corrected chi connectivity index (χ4v) is 3.32. The first kappa shape index (κ1) is 4.27. The van der Waals surface area contributed by atoms with Crippen molar-refractivity contribution in [3.63, 3.8) is 0 Å². The van der Waals surface area contributed by atoms with Crippen LogP contribution in [0.5, 0.6) is 0 Å². The summed E-state index contributed by atoms with van der Waals surface area (Å²) in [5.74, 6) is 0. The summed E-state index contributed by atoms with van der Waals surface area (Å²) < 4.78 is 151. The standard InChI is InChI=1S/C13H22N2S4/c1-11-7-3-6-10-15(11)13(17)19-18-12(16)14-8-4-2-5-9-14/h11H,2-10H2,1H3/i2D2,3D2,4D2,5D2,6D2,7D2,8D2,9D2,10D2,11D. The van der Waals surface area contributed by atoms with E-state index in [0.717, 1.165) is 6.92 Å². The second-order valence-electron chi connectivity index (χ2n) is 3.04. The minimum absolute atomic E-state index is 0.126. The number of nitrogens with zero attached hydrogens (tertiary/aromatic N) is 2. The van der Waals surface area contributed by atoms with Crippen LogP contribution in [0.3, 0.4) is 0 Å². The molecule has 2 heterocycles. The van der Waals surface area contributed by atoms with Crippen molar-refractivity contribution in [2.75, 3.05) is 19.5 Å². The molecule has 0 spiro atoms. The lowest BCUT2D eigenvalue weighted by atomic mass is 10.1. The lowest BCUT2D eigenvalue weighted by Gasteiger charge is -2.35. The van der Waals surface area contributed by atoms with Crippen molar-refractivity contribution in [1.82, 2.24) is 9.80 Å². The topological polar surface area (TPSA) is 6.48 Å². The largest absolute Gasteiger partial charge is 0.357 e. The van der Waals surface area contributed by atoms with Crippen LogP contribution < -0.4 is 0 Å². The molecule has 0 aromatic heterocycles. The van der Waals surface area contributed by atoms with Crippen molar-refractivity contribution in [2.24, 2.45) is 0 Å². The van der Waals surface area contributed by atoms with E-state index >= 15 is 0 Å². The van der Waals surface area contributed by atoms with Crippen molar-refractivity contribution in [2.45, 2.75) is 51.2 Å². The third-order valence-corrected chi connectivity index (χ3v) is 5.25. The molecular weight excluding hydrogens is 312 g/mol. The summed E-state index contributed by atoms with van der Waals surface area (Å²) in [5.41, 5.74) is 0. The Morgan fingerprint density at radius 1 is 1.05 bits per heavy atom. The number of thiocarbonyl (C=S) groups is 2. The van der Waals surface area contributed by atoms with Crippen molar-refractivity contribution in [1.29, 1.82) is 0 Å². The summed E-state index contributed by atoms with van der Waals surface area (Å²) >= 11 is 10.1. The quantitative estimate of drug-likeness (QED) is 0.470. The monoisotopic (exact) mass is 353 g/mol. The lowest BCUT2D eigenvalue weighted by Crippen LogP contribution is -2.39. The fraction of sp³-hybridized carbons (Fsp3) is 0.846. The second kappa shape index (κ2) is 8.05. The molecule has 19 heavy (non-hydrogen) atoms. The van der Waals surface area contributed by atoms with Crippen LogP contribution in [0.4, 0.5) is 0 Å². The normalized spacial score (nSPS) is 66.9. The Kier molecular flexibility index (Phi) is 1.81. The molecule has 0 bridgehead atoms. The molecule has 108 valence electrons. The molecule has 0 aliphatic carbocycles. The van der Waals surface area contributed by atoms with Crippen molar-refractivity contribution in [3.05, 3.63) is 0 Å². The van der Waals surface area contributed by atoms with Gasteiger partial charge in [-0.15, -0.1) is 0 Å². The molecule has 2 fully saturated rings. The van der Waals surface area contributed by atoms with Crippen LogP contribution in [0.2, 0.25) is 0 Å². The van der Waals surface area contributed by atoms with Gasteiger partial charge in [0.05, 0.1) is 1.37 Å². The minimum Gasteiger partial charge on any atom is -0.357 e. The van der Waals surface area contributed by atoms with Gasteiger partial charge in [-0.1, -0.05) is 24.4 Å². The van der Waals surface area contributed by atoms with Crippen LogP contribution in [0.1, 0.15) is 71.2 Å². The van der Waals surface area contributed by atoms with E-state index in [-0.39, 0.29) is 31.4 Å². The van der Waals surface area contributed by atoms with Gasteiger partial charge in [0, 0.05) is 50.2 Å². The van der Waals surface area contributed by atoms with E-state index in [0.29, 0.717) is 0 Å². The first-order valence-electron chi connectivity index (χ1n) is 14.3. The van der Waals surface area contributed by atoms with E-state index in [2.05, 4.69) is 0 Å². The minimum atomic E-state index is -3.68. The molecule has 1 atom stereocenters. The summed E-state index contributed by atoms with van der Waals surface area (Å²) in [4.78, 5) is 0.0342. The fourth-order valence-electron chi connectivity index (χ4n) is 0.992. The van der Waals surface area contributed by atoms with E-state index in [4.69, 9.17) is 50.5 Å². The Labute approximate surface area is 162 Å². The van der Waals surface area contributed by atoms with Crippen molar-refractivity contribution in [3.8, 4) is 0 Å². The number of hydrogen-bond donors (Lipinski definition) is 0. The number of hydrogen-bond acceptors (Lipinski definition) is 4. The number of piperidine rings is 2. The van der Waals surface area contributed by atoms with Crippen molar-refractivity contribution >= 4 is 54.7 Å². The Bertz CT molecular complexity index is 884. The van der Waals surface area contributed by atoms with Gasteiger partial charge in [-0.25, -0.2) is 0 Å².